The minimum absolute atomic E-state index is 0.109. The zero-order valence-electron chi connectivity index (χ0n) is 11.3. The van der Waals surface area contributed by atoms with Gasteiger partial charge in [0.05, 0.1) is 5.39 Å². The van der Waals surface area contributed by atoms with Gasteiger partial charge in [-0.15, -0.1) is 22.7 Å². The van der Waals surface area contributed by atoms with Crippen molar-refractivity contribution in [3.63, 3.8) is 0 Å². The Hall–Kier alpha value is -1.43. The monoisotopic (exact) mass is 304 g/mol. The second-order valence-electron chi connectivity index (χ2n) is 4.72. The van der Waals surface area contributed by atoms with E-state index in [0.717, 1.165) is 23.2 Å². The van der Waals surface area contributed by atoms with Crippen molar-refractivity contribution in [3.05, 3.63) is 56.0 Å². The zero-order chi connectivity index (χ0) is 13.9. The molecule has 0 atom stereocenters. The van der Waals surface area contributed by atoms with E-state index in [1.54, 1.807) is 27.2 Å². The summed E-state index contributed by atoms with van der Waals surface area (Å²) in [7, 11) is 0. The Labute approximate surface area is 125 Å². The van der Waals surface area contributed by atoms with Crippen LogP contribution < -0.4 is 10.9 Å². The highest BCUT2D eigenvalue weighted by atomic mass is 32.1. The van der Waals surface area contributed by atoms with Gasteiger partial charge in [-0.2, -0.15) is 0 Å². The molecule has 0 aliphatic rings. The normalized spacial score (nSPS) is 11.2. The maximum absolute atomic E-state index is 12.2. The van der Waals surface area contributed by atoms with Crippen molar-refractivity contribution in [1.29, 1.82) is 0 Å². The number of aryl methyl sites for hydroxylation is 1. The van der Waals surface area contributed by atoms with Gasteiger partial charge in [-0.05, 0) is 41.4 Å². The van der Waals surface area contributed by atoms with E-state index in [1.807, 2.05) is 23.7 Å². The lowest BCUT2D eigenvalue weighted by Crippen LogP contribution is -2.26. The molecule has 104 valence electrons. The van der Waals surface area contributed by atoms with E-state index in [2.05, 4.69) is 23.7 Å². The average molecular weight is 304 g/mol. The van der Waals surface area contributed by atoms with Crippen LogP contribution in [0.25, 0.3) is 10.1 Å². The summed E-state index contributed by atoms with van der Waals surface area (Å²) >= 11 is 3.38. The second kappa shape index (κ2) is 5.91. The number of nitrogens with zero attached hydrogens (tertiary/aromatic N) is 1. The zero-order valence-corrected chi connectivity index (χ0v) is 12.9. The summed E-state index contributed by atoms with van der Waals surface area (Å²) in [5.41, 5.74) is 1.44. The first kappa shape index (κ1) is 13.5. The Balaban J connectivity index is 1.61. The number of thiophene rings is 2. The lowest BCUT2D eigenvalue weighted by molar-refractivity contribution is 0.590. The van der Waals surface area contributed by atoms with Crippen LogP contribution in [0, 0.1) is 6.92 Å². The van der Waals surface area contributed by atoms with Gasteiger partial charge in [0.1, 0.15) is 0 Å². The summed E-state index contributed by atoms with van der Waals surface area (Å²) in [4.78, 5) is 13.6. The predicted molar refractivity (Wildman–Crippen MR) is 86.8 cm³/mol. The van der Waals surface area contributed by atoms with Crippen molar-refractivity contribution in [1.82, 2.24) is 9.88 Å². The fourth-order valence-corrected chi connectivity index (χ4v) is 3.82. The van der Waals surface area contributed by atoms with E-state index in [-0.39, 0.29) is 5.56 Å². The molecule has 0 saturated heterocycles. The number of rotatable bonds is 5. The molecule has 0 saturated carbocycles. The fraction of sp³-hybridized carbons (Fsp3) is 0.267. The van der Waals surface area contributed by atoms with E-state index in [0.29, 0.717) is 6.54 Å². The van der Waals surface area contributed by atoms with Crippen molar-refractivity contribution >= 4 is 32.8 Å². The lowest BCUT2D eigenvalue weighted by Gasteiger charge is -2.07. The van der Waals surface area contributed by atoms with Gasteiger partial charge in [-0.25, -0.2) is 0 Å². The minimum Gasteiger partial charge on any atom is -0.314 e. The molecule has 1 N–H and O–H groups in total. The van der Waals surface area contributed by atoms with Crippen molar-refractivity contribution in [3.8, 4) is 0 Å². The van der Waals surface area contributed by atoms with Crippen LogP contribution in [0.4, 0.5) is 0 Å². The molecular weight excluding hydrogens is 288 g/mol. The molecule has 3 aromatic heterocycles. The molecule has 0 radical (unpaired) electrons. The van der Waals surface area contributed by atoms with Crippen LogP contribution in [-0.2, 0) is 13.1 Å². The predicted octanol–water partition coefficient (Wildman–Crippen LogP) is 3.22. The standard InChI is InChI=1S/C15H16N2OS2/c1-11-3-8-20-14(11)10-16-5-7-17-6-2-13-12(15(17)18)4-9-19-13/h2-4,6,8-9,16H,5,7,10H2,1H3. The van der Waals surface area contributed by atoms with Crippen LogP contribution in [0.5, 0.6) is 0 Å². The number of hydrogen-bond donors (Lipinski definition) is 1. The molecule has 0 aliphatic heterocycles. The van der Waals surface area contributed by atoms with Gasteiger partial charge in [-0.3, -0.25) is 4.79 Å². The topological polar surface area (TPSA) is 34.0 Å². The van der Waals surface area contributed by atoms with Crippen LogP contribution in [0.15, 0.2) is 40.0 Å². The van der Waals surface area contributed by atoms with Crippen molar-refractivity contribution in [2.24, 2.45) is 0 Å². The largest absolute Gasteiger partial charge is 0.314 e. The SMILES string of the molecule is Cc1ccsc1CNCCn1ccc2sccc2c1=O. The average Bonchev–Trinajstić information content (AvgIpc) is 3.06. The van der Waals surface area contributed by atoms with Crippen LogP contribution in [0.1, 0.15) is 10.4 Å². The first-order valence-electron chi connectivity index (χ1n) is 6.56. The molecule has 0 amide bonds. The summed E-state index contributed by atoms with van der Waals surface area (Å²) in [6, 6.07) is 6.06. The third-order valence-corrected chi connectivity index (χ3v) is 5.28. The molecule has 5 heteroatoms. The van der Waals surface area contributed by atoms with Crippen molar-refractivity contribution in [2.75, 3.05) is 6.54 Å². The smallest absolute Gasteiger partial charge is 0.259 e. The highest BCUT2D eigenvalue weighted by Crippen LogP contribution is 2.16. The van der Waals surface area contributed by atoms with Crippen LogP contribution in [0.2, 0.25) is 0 Å². The molecule has 3 aromatic rings. The van der Waals surface area contributed by atoms with Crippen LogP contribution in [0.3, 0.4) is 0 Å². The van der Waals surface area contributed by atoms with Gasteiger partial charge in [0.25, 0.3) is 5.56 Å². The van der Waals surface area contributed by atoms with Gasteiger partial charge < -0.3 is 9.88 Å². The quantitative estimate of drug-likeness (QED) is 0.734. The molecule has 0 aromatic carbocycles. The molecular formula is C15H16N2OS2. The van der Waals surface area contributed by atoms with Gasteiger partial charge in [0.2, 0.25) is 0 Å². The number of pyridine rings is 1. The molecule has 0 unspecified atom stereocenters. The maximum Gasteiger partial charge on any atom is 0.259 e. The van der Waals surface area contributed by atoms with Crippen molar-refractivity contribution in [2.45, 2.75) is 20.0 Å². The van der Waals surface area contributed by atoms with E-state index in [1.165, 1.54) is 10.4 Å². The Morgan fingerprint density at radius 1 is 1.20 bits per heavy atom. The molecule has 3 nitrogen and oxygen atoms in total. The molecule has 3 heterocycles. The molecule has 20 heavy (non-hydrogen) atoms. The summed E-state index contributed by atoms with van der Waals surface area (Å²) in [5, 5.41) is 8.30. The van der Waals surface area contributed by atoms with E-state index in [9.17, 15) is 4.79 Å². The Kier molecular flexibility index (Phi) is 4.00. The first-order chi connectivity index (χ1) is 9.75. The van der Waals surface area contributed by atoms with E-state index in [4.69, 9.17) is 0 Å². The maximum atomic E-state index is 12.2. The lowest BCUT2D eigenvalue weighted by atomic mass is 10.3. The van der Waals surface area contributed by atoms with E-state index < -0.39 is 0 Å². The van der Waals surface area contributed by atoms with Crippen LogP contribution in [-0.4, -0.2) is 11.1 Å². The molecule has 0 spiro atoms. The number of aromatic nitrogens is 1. The molecule has 0 fully saturated rings. The minimum atomic E-state index is 0.109. The summed E-state index contributed by atoms with van der Waals surface area (Å²) in [5.74, 6) is 0. The fourth-order valence-electron chi connectivity index (χ4n) is 2.17. The third-order valence-electron chi connectivity index (χ3n) is 3.38. The molecule has 0 bridgehead atoms. The summed E-state index contributed by atoms with van der Waals surface area (Å²) in [6.07, 6.45) is 1.89. The molecule has 3 rings (SSSR count). The van der Waals surface area contributed by atoms with E-state index >= 15 is 0 Å². The third kappa shape index (κ3) is 2.70. The number of hydrogen-bond acceptors (Lipinski definition) is 4. The van der Waals surface area contributed by atoms with Gasteiger partial charge in [-0.1, -0.05) is 0 Å². The Morgan fingerprint density at radius 3 is 2.85 bits per heavy atom. The highest BCUT2D eigenvalue weighted by molar-refractivity contribution is 7.17. The Bertz CT molecular complexity index is 769. The second-order valence-corrected chi connectivity index (χ2v) is 6.66. The van der Waals surface area contributed by atoms with Gasteiger partial charge >= 0.3 is 0 Å². The number of nitrogens with one attached hydrogen (secondary N) is 1. The van der Waals surface area contributed by atoms with Gasteiger partial charge in [0, 0.05) is 35.4 Å². The molecule has 0 aliphatic carbocycles. The van der Waals surface area contributed by atoms with Crippen LogP contribution >= 0.6 is 22.7 Å². The van der Waals surface area contributed by atoms with Crippen molar-refractivity contribution < 1.29 is 0 Å². The Morgan fingerprint density at radius 2 is 2.05 bits per heavy atom. The highest BCUT2D eigenvalue weighted by Gasteiger charge is 2.03. The first-order valence-corrected chi connectivity index (χ1v) is 8.32. The summed E-state index contributed by atoms with van der Waals surface area (Å²) in [6.45, 7) is 4.50. The number of fused-ring (bicyclic) bond motifs is 1. The summed E-state index contributed by atoms with van der Waals surface area (Å²) < 4.78 is 2.84. The van der Waals surface area contributed by atoms with Gasteiger partial charge in [0.15, 0.2) is 0 Å².